The molecule has 0 aliphatic carbocycles. The molecule has 0 bridgehead atoms. The van der Waals surface area contributed by atoms with Crippen LogP contribution in [0.2, 0.25) is 0 Å². The predicted molar refractivity (Wildman–Crippen MR) is 158 cm³/mol. The maximum Gasteiger partial charge on any atom is 0.116 e. The van der Waals surface area contributed by atoms with E-state index in [1.165, 1.54) is 16.7 Å². The summed E-state index contributed by atoms with van der Waals surface area (Å²) >= 11 is 0. The molecule has 37 heavy (non-hydrogen) atoms. The van der Waals surface area contributed by atoms with Crippen molar-refractivity contribution in [1.82, 2.24) is 20.6 Å². The van der Waals surface area contributed by atoms with Gasteiger partial charge in [0, 0.05) is 37.7 Å². The summed E-state index contributed by atoms with van der Waals surface area (Å²) < 4.78 is 5.84. The molecule has 0 aliphatic heterocycles. The predicted octanol–water partition coefficient (Wildman–Crippen LogP) is 6.24. The van der Waals surface area contributed by atoms with Crippen LogP contribution in [0.1, 0.15) is 65.3 Å². The molecule has 6 heteroatoms. The lowest BCUT2D eigenvalue weighted by atomic mass is 9.97. The highest BCUT2D eigenvalue weighted by atomic mass is 16.5. The van der Waals surface area contributed by atoms with Gasteiger partial charge in [-0.3, -0.25) is 4.99 Å². The van der Waals surface area contributed by atoms with Crippen LogP contribution in [-0.2, 0) is 24.0 Å². The van der Waals surface area contributed by atoms with Gasteiger partial charge in [-0.2, -0.15) is 0 Å². The molecule has 200 valence electrons. The summed E-state index contributed by atoms with van der Waals surface area (Å²) in [5, 5.41) is 7.80. The van der Waals surface area contributed by atoms with E-state index >= 15 is 0 Å². The summed E-state index contributed by atoms with van der Waals surface area (Å²) in [7, 11) is 1.78. The van der Waals surface area contributed by atoms with Crippen LogP contribution in [0, 0.1) is 0 Å². The molecule has 0 spiro atoms. The number of benzene rings is 1. The summed E-state index contributed by atoms with van der Waals surface area (Å²) in [5.41, 5.74) is 7.34. The highest BCUT2D eigenvalue weighted by molar-refractivity contribution is 6.01. The second-order valence-corrected chi connectivity index (χ2v) is 9.49. The van der Waals surface area contributed by atoms with Gasteiger partial charge in [0.25, 0.3) is 0 Å². The molecule has 0 atom stereocenters. The van der Waals surface area contributed by atoms with Crippen molar-refractivity contribution < 1.29 is 4.74 Å². The third-order valence-electron chi connectivity index (χ3n) is 6.30. The summed E-state index contributed by atoms with van der Waals surface area (Å²) in [6.45, 7) is 19.9. The summed E-state index contributed by atoms with van der Waals surface area (Å²) in [4.78, 5) is 13.6. The molecule has 6 nitrogen and oxygen atoms in total. The molecule has 1 heterocycles. The molecule has 2 aromatic rings. The van der Waals surface area contributed by atoms with Gasteiger partial charge in [0.15, 0.2) is 0 Å². The summed E-state index contributed by atoms with van der Waals surface area (Å²) in [5.74, 6) is 0.724. The molecule has 0 saturated carbocycles. The second kappa shape index (κ2) is 14.5. The minimum atomic E-state index is -0.452. The molecule has 1 aromatic carbocycles. The van der Waals surface area contributed by atoms with Gasteiger partial charge in [-0.25, -0.2) is 9.97 Å². The van der Waals surface area contributed by atoms with Crippen molar-refractivity contribution in [3.63, 3.8) is 0 Å². The molecule has 0 radical (unpaired) electrons. The number of allylic oxidation sites excluding steroid dienone is 4. The van der Waals surface area contributed by atoms with Crippen molar-refractivity contribution in [2.24, 2.45) is 4.99 Å². The van der Waals surface area contributed by atoms with Gasteiger partial charge in [-0.1, -0.05) is 38.7 Å². The third-order valence-corrected chi connectivity index (χ3v) is 6.30. The highest BCUT2D eigenvalue weighted by Gasteiger charge is 2.23. The van der Waals surface area contributed by atoms with E-state index in [9.17, 15) is 0 Å². The number of aliphatic imine (C=N–C) groups is 1. The maximum absolute atomic E-state index is 5.84. The molecule has 0 unspecified atom stereocenters. The first-order valence-corrected chi connectivity index (χ1v) is 13.2. The fourth-order valence-corrected chi connectivity index (χ4v) is 4.42. The molecule has 2 N–H and O–H groups in total. The van der Waals surface area contributed by atoms with Crippen molar-refractivity contribution in [2.75, 3.05) is 20.2 Å². The Hall–Kier alpha value is -3.25. The van der Waals surface area contributed by atoms with E-state index in [1.807, 2.05) is 40.7 Å². The van der Waals surface area contributed by atoms with E-state index in [4.69, 9.17) is 4.74 Å². The van der Waals surface area contributed by atoms with Gasteiger partial charge in [0.2, 0.25) is 0 Å². The van der Waals surface area contributed by atoms with Crippen LogP contribution in [0.5, 0.6) is 0 Å². The fraction of sp³-hybridized carbons (Fsp3) is 0.452. The van der Waals surface area contributed by atoms with Gasteiger partial charge in [0.05, 0.1) is 22.7 Å². The van der Waals surface area contributed by atoms with Crippen molar-refractivity contribution in [2.45, 2.75) is 73.3 Å². The molecule has 1 aromatic heterocycles. The van der Waals surface area contributed by atoms with Crippen LogP contribution in [0.25, 0.3) is 10.9 Å². The Kier molecular flexibility index (Phi) is 11.7. The lowest BCUT2D eigenvalue weighted by Crippen LogP contribution is -2.35. The number of nitrogens with one attached hydrogen (secondary N) is 2. The van der Waals surface area contributed by atoms with E-state index in [0.29, 0.717) is 13.2 Å². The number of nitrogens with zero attached hydrogens (tertiary/aromatic N) is 3. The van der Waals surface area contributed by atoms with Gasteiger partial charge < -0.3 is 15.4 Å². The molecular weight excluding hydrogens is 458 g/mol. The zero-order chi connectivity index (χ0) is 27.4. The number of rotatable bonds is 14. The van der Waals surface area contributed by atoms with Crippen molar-refractivity contribution in [3.8, 4) is 0 Å². The Morgan fingerprint density at radius 1 is 1.14 bits per heavy atom. The fourth-order valence-electron chi connectivity index (χ4n) is 4.42. The largest absolute Gasteiger partial charge is 0.370 e. The molecule has 2 rings (SSSR count). The standard InChI is InChI=1S/C31H45N5O/c1-10-14-24(18-28-27-19-25(11-2)26(12-3)20-29(27)35-21-34-28)15-16-33-23(6)36-22(5)17-30(32-9)31(7,8)37-13-4/h10,14-15,17,19-21,33,36H,6,11-13,16,18H2,1-5,7-9H3/b14-10-,22-17+,24-15+,32-30?. The Morgan fingerprint density at radius 2 is 1.84 bits per heavy atom. The van der Waals surface area contributed by atoms with Crippen molar-refractivity contribution >= 4 is 16.6 Å². The number of hydrogen-bond donors (Lipinski definition) is 2. The van der Waals surface area contributed by atoms with E-state index in [0.717, 1.165) is 53.1 Å². The lowest BCUT2D eigenvalue weighted by molar-refractivity contribution is 0.0447. The minimum Gasteiger partial charge on any atom is -0.370 e. The number of aromatic nitrogens is 2. The molecule has 0 saturated heterocycles. The van der Waals surface area contributed by atoms with E-state index in [1.54, 1.807) is 13.4 Å². The molecule has 0 aliphatic rings. The number of hydrogen-bond acceptors (Lipinski definition) is 6. The monoisotopic (exact) mass is 503 g/mol. The first kappa shape index (κ1) is 30.0. The van der Waals surface area contributed by atoms with E-state index < -0.39 is 5.60 Å². The average Bonchev–Trinajstić information content (AvgIpc) is 2.86. The number of ether oxygens (including phenoxy) is 1. The first-order chi connectivity index (χ1) is 17.7. The summed E-state index contributed by atoms with van der Waals surface area (Å²) in [6, 6.07) is 4.49. The SMILES string of the molecule is C=C(NC/C=C(\C=C/C)Cc1ncnc2cc(CC)c(CC)cc12)N/C(C)=C/C(=NC)C(C)(C)OCC. The zero-order valence-corrected chi connectivity index (χ0v) is 24.0. The molecule has 0 amide bonds. The molecular formula is C31H45N5O. The lowest BCUT2D eigenvalue weighted by Gasteiger charge is -2.25. The Balaban J connectivity index is 2.12. The smallest absolute Gasteiger partial charge is 0.116 e. The average molecular weight is 504 g/mol. The van der Waals surface area contributed by atoms with Crippen LogP contribution in [-0.4, -0.2) is 41.5 Å². The summed E-state index contributed by atoms with van der Waals surface area (Å²) in [6.07, 6.45) is 12.8. The van der Waals surface area contributed by atoms with Crippen molar-refractivity contribution in [3.05, 3.63) is 83.3 Å². The Morgan fingerprint density at radius 3 is 2.46 bits per heavy atom. The third kappa shape index (κ3) is 8.67. The highest BCUT2D eigenvalue weighted by Crippen LogP contribution is 2.23. The molecule has 0 fully saturated rings. The van der Waals surface area contributed by atoms with E-state index in [-0.39, 0.29) is 0 Å². The number of fused-ring (bicyclic) bond motifs is 1. The topological polar surface area (TPSA) is 71.4 Å². The maximum atomic E-state index is 5.84. The van der Waals surface area contributed by atoms with Crippen LogP contribution in [0.4, 0.5) is 0 Å². The van der Waals surface area contributed by atoms with Crippen LogP contribution < -0.4 is 10.6 Å². The second-order valence-electron chi connectivity index (χ2n) is 9.49. The zero-order valence-electron chi connectivity index (χ0n) is 24.0. The minimum absolute atomic E-state index is 0.452. The van der Waals surface area contributed by atoms with Crippen LogP contribution in [0.15, 0.2) is 71.4 Å². The first-order valence-electron chi connectivity index (χ1n) is 13.2. The normalized spacial score (nSPS) is 13.5. The van der Waals surface area contributed by atoms with Gasteiger partial charge >= 0.3 is 0 Å². The van der Waals surface area contributed by atoms with Crippen molar-refractivity contribution in [1.29, 1.82) is 0 Å². The Labute approximate surface area is 223 Å². The Bertz CT molecular complexity index is 1190. The van der Waals surface area contributed by atoms with Gasteiger partial charge in [-0.05, 0) is 82.4 Å². The van der Waals surface area contributed by atoms with Gasteiger partial charge in [0.1, 0.15) is 11.9 Å². The van der Waals surface area contributed by atoms with Crippen LogP contribution in [0.3, 0.4) is 0 Å². The quantitative estimate of drug-likeness (QED) is 0.236. The van der Waals surface area contributed by atoms with Gasteiger partial charge in [-0.15, -0.1) is 0 Å². The van der Waals surface area contributed by atoms with E-state index in [2.05, 4.69) is 76.4 Å². The number of aryl methyl sites for hydroxylation is 2. The van der Waals surface area contributed by atoms with Crippen LogP contribution >= 0.6 is 0 Å².